The molecule has 0 saturated heterocycles. The lowest BCUT2D eigenvalue weighted by molar-refractivity contribution is 0.0958. The molecule has 88 valence electrons. The lowest BCUT2D eigenvalue weighted by Crippen LogP contribution is -2.19. The summed E-state index contributed by atoms with van der Waals surface area (Å²) in [4.78, 5) is 16.9. The van der Waals surface area contributed by atoms with Crippen LogP contribution in [0.5, 0.6) is 0 Å². The normalized spacial score (nSPS) is 15.1. The van der Waals surface area contributed by atoms with Crippen molar-refractivity contribution in [1.82, 2.24) is 10.0 Å². The zero-order valence-corrected chi connectivity index (χ0v) is 9.58. The van der Waals surface area contributed by atoms with Crippen LogP contribution < -0.4 is 10.2 Å². The topological polar surface area (TPSA) is 52.5 Å². The van der Waals surface area contributed by atoms with Gasteiger partial charge in [0.1, 0.15) is 7.11 Å². The number of fused-ring (bicyclic) bond motifs is 1. The molecular formula is C11H16N2O3. The summed E-state index contributed by atoms with van der Waals surface area (Å²) in [5, 5.41) is 2.64. The molecule has 0 unspecified atom stereocenters. The van der Waals surface area contributed by atoms with Gasteiger partial charge in [-0.1, -0.05) is 0 Å². The molecule has 1 aliphatic heterocycles. The minimum atomic E-state index is -0.0750. The van der Waals surface area contributed by atoms with Gasteiger partial charge in [-0.3, -0.25) is 4.79 Å². The molecule has 0 fully saturated rings. The van der Waals surface area contributed by atoms with E-state index < -0.39 is 0 Å². The van der Waals surface area contributed by atoms with Crippen LogP contribution in [-0.2, 0) is 17.6 Å². The predicted octanol–water partition coefficient (Wildman–Crippen LogP) is 0.0213. The van der Waals surface area contributed by atoms with E-state index >= 15 is 0 Å². The predicted molar refractivity (Wildman–Crippen MR) is 58.6 cm³/mol. The van der Waals surface area contributed by atoms with Crippen molar-refractivity contribution < 1.29 is 14.4 Å². The Morgan fingerprint density at radius 1 is 1.50 bits per heavy atom. The van der Waals surface area contributed by atoms with Crippen molar-refractivity contribution in [3.05, 3.63) is 23.0 Å². The fourth-order valence-corrected chi connectivity index (χ4v) is 2.04. The van der Waals surface area contributed by atoms with Crippen LogP contribution in [-0.4, -0.2) is 38.0 Å². The number of carbonyl (C=O) groups is 1. The average molecular weight is 224 g/mol. The molecule has 0 aliphatic carbocycles. The Hall–Kier alpha value is -1.49. The average Bonchev–Trinajstić information content (AvgIpc) is 2.50. The Labute approximate surface area is 94.3 Å². The number of amides is 1. The molecule has 0 radical (unpaired) electrons. The number of hydrogen-bond donors (Lipinski definition) is 1. The quantitative estimate of drug-likeness (QED) is 0.770. The molecule has 5 heteroatoms. The van der Waals surface area contributed by atoms with Gasteiger partial charge in [0, 0.05) is 13.5 Å². The second-order valence-corrected chi connectivity index (χ2v) is 3.67. The van der Waals surface area contributed by atoms with E-state index in [1.807, 2.05) is 0 Å². The number of rotatable bonds is 2. The van der Waals surface area contributed by atoms with Crippen molar-refractivity contribution >= 4 is 5.91 Å². The Morgan fingerprint density at radius 3 is 2.94 bits per heavy atom. The van der Waals surface area contributed by atoms with Gasteiger partial charge in [-0.2, -0.15) is 4.73 Å². The number of nitrogens with one attached hydrogen (secondary N) is 1. The molecule has 2 heterocycles. The summed E-state index contributed by atoms with van der Waals surface area (Å²) in [6.45, 7) is 1.33. The molecule has 1 aliphatic rings. The summed E-state index contributed by atoms with van der Waals surface area (Å²) >= 11 is 0. The molecule has 0 bridgehead atoms. The van der Waals surface area contributed by atoms with Gasteiger partial charge in [-0.25, -0.2) is 0 Å². The van der Waals surface area contributed by atoms with Crippen LogP contribution in [0.1, 0.15) is 21.6 Å². The van der Waals surface area contributed by atoms with Gasteiger partial charge in [0.05, 0.1) is 30.7 Å². The first-order valence-corrected chi connectivity index (χ1v) is 5.35. The van der Waals surface area contributed by atoms with E-state index in [1.165, 1.54) is 0 Å². The van der Waals surface area contributed by atoms with E-state index in [9.17, 15) is 4.79 Å². The standard InChI is InChI=1S/C11H16N2O3/c1-12-11(14)9-7-13(15-2)10-4-6-16-5-3-8(9)10/h7H,3-6H2,1-2H3,(H,12,14). The SMILES string of the molecule is CNC(=O)c1cn(OC)c2c1CCOCC2. The molecule has 0 aromatic carbocycles. The molecule has 16 heavy (non-hydrogen) atoms. The van der Waals surface area contributed by atoms with Crippen LogP contribution in [0.4, 0.5) is 0 Å². The molecule has 1 amide bonds. The van der Waals surface area contributed by atoms with Crippen molar-refractivity contribution in [1.29, 1.82) is 0 Å². The van der Waals surface area contributed by atoms with Gasteiger partial charge >= 0.3 is 0 Å². The van der Waals surface area contributed by atoms with Gasteiger partial charge in [-0.15, -0.1) is 0 Å². The summed E-state index contributed by atoms with van der Waals surface area (Å²) in [6, 6.07) is 0. The van der Waals surface area contributed by atoms with Crippen LogP contribution in [0.2, 0.25) is 0 Å². The highest BCUT2D eigenvalue weighted by Gasteiger charge is 2.22. The molecule has 0 atom stereocenters. The van der Waals surface area contributed by atoms with Crippen molar-refractivity contribution in [3.8, 4) is 0 Å². The minimum absolute atomic E-state index is 0.0750. The molecule has 0 spiro atoms. The van der Waals surface area contributed by atoms with Crippen LogP contribution in [0.25, 0.3) is 0 Å². The van der Waals surface area contributed by atoms with Gasteiger partial charge in [-0.05, 0) is 12.0 Å². The Balaban J connectivity index is 2.46. The Morgan fingerprint density at radius 2 is 2.25 bits per heavy atom. The van der Waals surface area contributed by atoms with Crippen LogP contribution in [0.3, 0.4) is 0 Å². The molecule has 5 nitrogen and oxygen atoms in total. The number of hydrogen-bond acceptors (Lipinski definition) is 3. The maximum absolute atomic E-state index is 11.7. The fourth-order valence-electron chi connectivity index (χ4n) is 2.04. The van der Waals surface area contributed by atoms with E-state index in [-0.39, 0.29) is 5.91 Å². The van der Waals surface area contributed by atoms with Crippen molar-refractivity contribution in [2.24, 2.45) is 0 Å². The first-order chi connectivity index (χ1) is 7.77. The largest absolute Gasteiger partial charge is 0.417 e. The van der Waals surface area contributed by atoms with Crippen LogP contribution >= 0.6 is 0 Å². The molecule has 1 aromatic heterocycles. The molecule has 1 aromatic rings. The highest BCUT2D eigenvalue weighted by molar-refractivity contribution is 5.95. The van der Waals surface area contributed by atoms with Gasteiger partial charge in [0.25, 0.3) is 5.91 Å². The third kappa shape index (κ3) is 1.78. The number of nitrogens with zero attached hydrogens (tertiary/aromatic N) is 1. The minimum Gasteiger partial charge on any atom is -0.417 e. The Bertz CT molecular complexity index is 398. The zero-order chi connectivity index (χ0) is 11.5. The van der Waals surface area contributed by atoms with E-state index in [0.717, 1.165) is 24.1 Å². The molecule has 2 rings (SSSR count). The maximum atomic E-state index is 11.7. The van der Waals surface area contributed by atoms with Crippen molar-refractivity contribution in [3.63, 3.8) is 0 Å². The summed E-state index contributed by atoms with van der Waals surface area (Å²) in [5.41, 5.74) is 2.77. The highest BCUT2D eigenvalue weighted by Crippen LogP contribution is 2.20. The zero-order valence-electron chi connectivity index (χ0n) is 9.58. The summed E-state index contributed by atoms with van der Waals surface area (Å²) in [5.74, 6) is -0.0750. The number of carbonyl (C=O) groups excluding carboxylic acids is 1. The van der Waals surface area contributed by atoms with Gasteiger partial charge < -0.3 is 14.9 Å². The van der Waals surface area contributed by atoms with Gasteiger partial charge in [0.15, 0.2) is 0 Å². The third-order valence-corrected chi connectivity index (χ3v) is 2.83. The van der Waals surface area contributed by atoms with Crippen molar-refractivity contribution in [2.75, 3.05) is 27.4 Å². The second-order valence-electron chi connectivity index (χ2n) is 3.67. The summed E-state index contributed by atoms with van der Waals surface area (Å²) < 4.78 is 7.06. The number of aromatic nitrogens is 1. The lowest BCUT2D eigenvalue weighted by atomic mass is 10.1. The highest BCUT2D eigenvalue weighted by atomic mass is 16.6. The van der Waals surface area contributed by atoms with E-state index in [0.29, 0.717) is 18.8 Å². The molecule has 1 N–H and O–H groups in total. The van der Waals surface area contributed by atoms with Crippen molar-refractivity contribution in [2.45, 2.75) is 12.8 Å². The van der Waals surface area contributed by atoms with E-state index in [4.69, 9.17) is 9.57 Å². The van der Waals surface area contributed by atoms with Crippen LogP contribution in [0, 0.1) is 0 Å². The van der Waals surface area contributed by atoms with Crippen LogP contribution in [0.15, 0.2) is 6.20 Å². The molecular weight excluding hydrogens is 208 g/mol. The summed E-state index contributed by atoms with van der Waals surface area (Å²) in [6.07, 6.45) is 3.28. The van der Waals surface area contributed by atoms with Gasteiger partial charge in [0.2, 0.25) is 0 Å². The first-order valence-electron chi connectivity index (χ1n) is 5.35. The molecule has 0 saturated carbocycles. The van der Waals surface area contributed by atoms with E-state index in [1.54, 1.807) is 25.1 Å². The maximum Gasteiger partial charge on any atom is 0.252 e. The first kappa shape index (κ1) is 11.0. The fraction of sp³-hybridized carbons (Fsp3) is 0.545. The Kier molecular flexibility index (Phi) is 3.14. The lowest BCUT2D eigenvalue weighted by Gasteiger charge is -2.05. The monoisotopic (exact) mass is 224 g/mol. The third-order valence-electron chi connectivity index (χ3n) is 2.83. The number of ether oxygens (including phenoxy) is 1. The smallest absolute Gasteiger partial charge is 0.252 e. The van der Waals surface area contributed by atoms with E-state index in [2.05, 4.69) is 5.32 Å². The summed E-state index contributed by atoms with van der Waals surface area (Å²) in [7, 11) is 3.23. The second kappa shape index (κ2) is 4.57.